The SMILES string of the molecule is C=C(O)CC(CN)N(CCC(=O)O)CC(=C)O. The molecule has 1 unspecified atom stereocenters. The van der Waals surface area contributed by atoms with Crippen LogP contribution in [0.25, 0.3) is 0 Å². The second-order valence-corrected chi connectivity index (χ2v) is 3.84. The number of hydrogen-bond donors (Lipinski definition) is 4. The molecule has 17 heavy (non-hydrogen) atoms. The number of aliphatic hydroxyl groups is 2. The van der Waals surface area contributed by atoms with E-state index in [0.717, 1.165) is 0 Å². The number of carboxylic acid groups (broad SMARTS) is 1. The molecule has 6 heteroatoms. The summed E-state index contributed by atoms with van der Waals surface area (Å²) in [5, 5.41) is 26.9. The Hall–Kier alpha value is -1.53. The fourth-order valence-corrected chi connectivity index (χ4v) is 1.50. The van der Waals surface area contributed by atoms with Crippen molar-refractivity contribution in [2.24, 2.45) is 5.73 Å². The predicted molar refractivity (Wildman–Crippen MR) is 64.8 cm³/mol. The van der Waals surface area contributed by atoms with Gasteiger partial charge in [0, 0.05) is 25.6 Å². The maximum Gasteiger partial charge on any atom is 0.304 e. The number of nitrogens with zero attached hydrogens (tertiary/aromatic N) is 1. The van der Waals surface area contributed by atoms with Gasteiger partial charge in [-0.25, -0.2) is 0 Å². The highest BCUT2D eigenvalue weighted by Crippen LogP contribution is 2.10. The molecular weight excluding hydrogens is 224 g/mol. The van der Waals surface area contributed by atoms with Gasteiger partial charge in [0.1, 0.15) is 0 Å². The summed E-state index contributed by atoms with van der Waals surface area (Å²) in [5.74, 6) is -1.03. The fraction of sp³-hybridized carbons (Fsp3) is 0.545. The van der Waals surface area contributed by atoms with Crippen LogP contribution in [0.15, 0.2) is 24.7 Å². The van der Waals surface area contributed by atoms with E-state index in [2.05, 4.69) is 13.2 Å². The van der Waals surface area contributed by atoms with Crippen molar-refractivity contribution >= 4 is 5.97 Å². The Morgan fingerprint density at radius 2 is 1.82 bits per heavy atom. The molecule has 0 aromatic heterocycles. The Balaban J connectivity index is 4.54. The van der Waals surface area contributed by atoms with Crippen molar-refractivity contribution in [2.75, 3.05) is 19.6 Å². The van der Waals surface area contributed by atoms with Gasteiger partial charge in [0.15, 0.2) is 0 Å². The number of carbonyl (C=O) groups is 1. The minimum Gasteiger partial charge on any atom is -0.513 e. The summed E-state index contributed by atoms with van der Waals surface area (Å²) in [6.45, 7) is 7.31. The molecule has 0 aliphatic heterocycles. The van der Waals surface area contributed by atoms with Crippen LogP contribution in [0.2, 0.25) is 0 Å². The zero-order chi connectivity index (χ0) is 13.4. The molecule has 0 aromatic carbocycles. The average molecular weight is 244 g/mol. The first-order chi connectivity index (χ1) is 7.86. The minimum absolute atomic E-state index is 0.0238. The second-order valence-electron chi connectivity index (χ2n) is 3.84. The van der Waals surface area contributed by atoms with Crippen LogP contribution in [0.3, 0.4) is 0 Å². The van der Waals surface area contributed by atoms with E-state index >= 15 is 0 Å². The van der Waals surface area contributed by atoms with E-state index in [1.54, 1.807) is 4.90 Å². The van der Waals surface area contributed by atoms with Crippen molar-refractivity contribution < 1.29 is 20.1 Å². The number of rotatable bonds is 9. The third-order valence-electron chi connectivity index (χ3n) is 2.26. The number of aliphatic carboxylic acids is 1. The molecule has 0 saturated heterocycles. The topological polar surface area (TPSA) is 107 Å². The van der Waals surface area contributed by atoms with E-state index < -0.39 is 5.97 Å². The van der Waals surface area contributed by atoms with Crippen molar-refractivity contribution in [1.29, 1.82) is 0 Å². The normalized spacial score (nSPS) is 12.4. The molecule has 0 aliphatic rings. The maximum absolute atomic E-state index is 10.5. The number of nitrogens with two attached hydrogens (primary N) is 1. The third-order valence-corrected chi connectivity index (χ3v) is 2.26. The third kappa shape index (κ3) is 7.37. The summed E-state index contributed by atoms with van der Waals surface area (Å²) in [7, 11) is 0. The molecule has 6 nitrogen and oxygen atoms in total. The minimum atomic E-state index is -0.933. The molecule has 1 atom stereocenters. The van der Waals surface area contributed by atoms with Crippen molar-refractivity contribution in [1.82, 2.24) is 4.90 Å². The van der Waals surface area contributed by atoms with Crippen molar-refractivity contribution in [2.45, 2.75) is 18.9 Å². The summed E-state index contributed by atoms with van der Waals surface area (Å²) in [4.78, 5) is 12.2. The molecule has 0 rings (SSSR count). The standard InChI is InChI=1S/C11H20N2O4/c1-8(14)5-10(6-12)13(7-9(2)15)4-3-11(16)17/h10,14-15H,1-7,12H2,(H,16,17). The molecule has 0 radical (unpaired) electrons. The monoisotopic (exact) mass is 244 g/mol. The van der Waals surface area contributed by atoms with Gasteiger partial charge in [-0.2, -0.15) is 0 Å². The van der Waals surface area contributed by atoms with Crippen LogP contribution >= 0.6 is 0 Å². The summed E-state index contributed by atoms with van der Waals surface area (Å²) in [6.07, 6.45) is 0.172. The average Bonchev–Trinajstić information content (AvgIpc) is 2.20. The van der Waals surface area contributed by atoms with Crippen LogP contribution in [0.4, 0.5) is 0 Å². The Kier molecular flexibility index (Phi) is 7.00. The first kappa shape index (κ1) is 15.5. The Morgan fingerprint density at radius 1 is 1.24 bits per heavy atom. The highest BCUT2D eigenvalue weighted by Gasteiger charge is 2.19. The van der Waals surface area contributed by atoms with E-state index in [-0.39, 0.29) is 50.0 Å². The molecule has 0 saturated carbocycles. The second kappa shape index (κ2) is 7.70. The lowest BCUT2D eigenvalue weighted by Gasteiger charge is -2.29. The molecule has 0 aliphatic carbocycles. The van der Waals surface area contributed by atoms with E-state index in [1.807, 2.05) is 0 Å². The lowest BCUT2D eigenvalue weighted by atomic mass is 10.1. The highest BCUT2D eigenvalue weighted by atomic mass is 16.4. The van der Waals surface area contributed by atoms with Gasteiger partial charge in [-0.1, -0.05) is 13.2 Å². The van der Waals surface area contributed by atoms with Crippen molar-refractivity contribution in [3.63, 3.8) is 0 Å². The van der Waals surface area contributed by atoms with Crippen LogP contribution < -0.4 is 5.73 Å². The predicted octanol–water partition coefficient (Wildman–Crippen LogP) is 0.624. The van der Waals surface area contributed by atoms with E-state index in [1.165, 1.54) is 0 Å². The van der Waals surface area contributed by atoms with Gasteiger partial charge >= 0.3 is 5.97 Å². The molecule has 0 amide bonds. The van der Waals surface area contributed by atoms with Crippen LogP contribution in [-0.2, 0) is 4.79 Å². The first-order valence-corrected chi connectivity index (χ1v) is 5.26. The first-order valence-electron chi connectivity index (χ1n) is 5.26. The summed E-state index contributed by atoms with van der Waals surface area (Å²) in [5.41, 5.74) is 5.55. The van der Waals surface area contributed by atoms with Gasteiger partial charge in [0.05, 0.1) is 24.5 Å². The van der Waals surface area contributed by atoms with Crippen LogP contribution in [0.1, 0.15) is 12.8 Å². The Labute approximate surface area is 101 Å². The molecule has 0 bridgehead atoms. The highest BCUT2D eigenvalue weighted by molar-refractivity contribution is 5.66. The van der Waals surface area contributed by atoms with Gasteiger partial charge in [0.25, 0.3) is 0 Å². The quantitative estimate of drug-likeness (QED) is 0.443. The van der Waals surface area contributed by atoms with E-state index in [0.29, 0.717) is 0 Å². The summed E-state index contributed by atoms with van der Waals surface area (Å²) < 4.78 is 0. The van der Waals surface area contributed by atoms with Gasteiger partial charge in [0.2, 0.25) is 0 Å². The van der Waals surface area contributed by atoms with Gasteiger partial charge < -0.3 is 21.1 Å². The summed E-state index contributed by atoms with van der Waals surface area (Å²) in [6, 6.07) is -0.268. The molecule has 0 aromatic rings. The smallest absolute Gasteiger partial charge is 0.304 e. The molecule has 5 N–H and O–H groups in total. The van der Waals surface area contributed by atoms with Crippen molar-refractivity contribution in [3.8, 4) is 0 Å². The Morgan fingerprint density at radius 3 is 2.18 bits per heavy atom. The number of carboxylic acids is 1. The Bertz CT molecular complexity index is 291. The lowest BCUT2D eigenvalue weighted by molar-refractivity contribution is -0.137. The van der Waals surface area contributed by atoms with E-state index in [9.17, 15) is 4.79 Å². The maximum atomic E-state index is 10.5. The molecule has 0 fully saturated rings. The zero-order valence-corrected chi connectivity index (χ0v) is 9.80. The van der Waals surface area contributed by atoms with Gasteiger partial charge in [-0.3, -0.25) is 9.69 Å². The molecule has 98 valence electrons. The summed E-state index contributed by atoms with van der Waals surface area (Å²) >= 11 is 0. The molecule has 0 spiro atoms. The lowest BCUT2D eigenvalue weighted by Crippen LogP contribution is -2.43. The van der Waals surface area contributed by atoms with Crippen LogP contribution in [-0.4, -0.2) is 51.9 Å². The van der Waals surface area contributed by atoms with Crippen LogP contribution in [0.5, 0.6) is 0 Å². The molecular formula is C11H20N2O4. The van der Waals surface area contributed by atoms with Crippen molar-refractivity contribution in [3.05, 3.63) is 24.7 Å². The van der Waals surface area contributed by atoms with Gasteiger partial charge in [-0.05, 0) is 0 Å². The number of aliphatic hydroxyl groups excluding tert-OH is 2. The van der Waals surface area contributed by atoms with Crippen LogP contribution in [0, 0.1) is 0 Å². The fourth-order valence-electron chi connectivity index (χ4n) is 1.50. The van der Waals surface area contributed by atoms with Gasteiger partial charge in [-0.15, -0.1) is 0 Å². The largest absolute Gasteiger partial charge is 0.513 e. The van der Waals surface area contributed by atoms with E-state index in [4.69, 9.17) is 21.1 Å². The molecule has 0 heterocycles. The number of hydrogen-bond acceptors (Lipinski definition) is 5. The zero-order valence-electron chi connectivity index (χ0n) is 9.80.